The summed E-state index contributed by atoms with van der Waals surface area (Å²) in [7, 11) is 0. The molecule has 0 saturated heterocycles. The molecule has 0 radical (unpaired) electrons. The highest BCUT2D eigenvalue weighted by molar-refractivity contribution is 7.10. The molecule has 0 spiro atoms. The maximum Gasteiger partial charge on any atom is 0.236 e. The van der Waals surface area contributed by atoms with Crippen molar-refractivity contribution in [2.45, 2.75) is 52.0 Å². The van der Waals surface area contributed by atoms with Crippen molar-refractivity contribution in [2.24, 2.45) is 11.7 Å². The molecule has 1 heterocycles. The number of benzene rings is 2. The lowest BCUT2D eigenvalue weighted by molar-refractivity contribution is 0.401. The van der Waals surface area contributed by atoms with Crippen LogP contribution < -0.4 is 16.0 Å². The average molecular weight is 483 g/mol. The number of nitrogens with zero attached hydrogens (tertiary/aromatic N) is 3. The van der Waals surface area contributed by atoms with Crippen LogP contribution in [0.1, 0.15) is 51.5 Å². The summed E-state index contributed by atoms with van der Waals surface area (Å²) in [6, 6.07) is 14.7. The molecule has 0 aliphatic heterocycles. The Morgan fingerprint density at radius 2 is 1.97 bits per heavy atom. The Morgan fingerprint density at radius 1 is 1.21 bits per heavy atom. The normalized spacial score (nSPS) is 14.4. The highest BCUT2D eigenvalue weighted by Crippen LogP contribution is 2.38. The SMILES string of the molecule is CC(C)CN(c1ccc(-c2ccccc2C(=N)N)cc1Nc1nc(Cl)ns1)C1CCCCC1. The van der Waals surface area contributed by atoms with E-state index < -0.39 is 0 Å². The number of rotatable bonds is 8. The Bertz CT molecular complexity index is 1110. The van der Waals surface area contributed by atoms with Crippen molar-refractivity contribution in [3.05, 3.63) is 53.3 Å². The van der Waals surface area contributed by atoms with Gasteiger partial charge in [-0.2, -0.15) is 9.36 Å². The van der Waals surface area contributed by atoms with Gasteiger partial charge in [-0.3, -0.25) is 5.41 Å². The van der Waals surface area contributed by atoms with Crippen molar-refractivity contribution in [1.82, 2.24) is 9.36 Å². The number of hydrogen-bond donors (Lipinski definition) is 3. The van der Waals surface area contributed by atoms with Gasteiger partial charge in [-0.15, -0.1) is 0 Å². The summed E-state index contributed by atoms with van der Waals surface area (Å²) in [6.45, 7) is 5.52. The summed E-state index contributed by atoms with van der Waals surface area (Å²) in [5.41, 5.74) is 10.6. The van der Waals surface area contributed by atoms with E-state index >= 15 is 0 Å². The van der Waals surface area contributed by atoms with Crippen LogP contribution in [0, 0.1) is 11.3 Å². The molecule has 8 heteroatoms. The summed E-state index contributed by atoms with van der Waals surface area (Å²) in [4.78, 5) is 6.88. The van der Waals surface area contributed by atoms with Crippen LogP contribution in [0.4, 0.5) is 16.5 Å². The number of aromatic nitrogens is 2. The number of nitrogen functional groups attached to an aromatic ring is 1. The predicted octanol–water partition coefficient (Wildman–Crippen LogP) is 6.68. The summed E-state index contributed by atoms with van der Waals surface area (Å²) in [5, 5.41) is 12.4. The van der Waals surface area contributed by atoms with Crippen LogP contribution in [0.15, 0.2) is 42.5 Å². The van der Waals surface area contributed by atoms with Crippen LogP contribution in [0.5, 0.6) is 0 Å². The van der Waals surface area contributed by atoms with Gasteiger partial charge in [0.25, 0.3) is 0 Å². The van der Waals surface area contributed by atoms with E-state index in [0.717, 1.165) is 34.6 Å². The van der Waals surface area contributed by atoms with Gasteiger partial charge in [0, 0.05) is 29.7 Å². The van der Waals surface area contributed by atoms with Gasteiger partial charge in [0.2, 0.25) is 10.4 Å². The van der Waals surface area contributed by atoms with Gasteiger partial charge in [0.15, 0.2) is 0 Å². The fourth-order valence-electron chi connectivity index (χ4n) is 4.63. The summed E-state index contributed by atoms with van der Waals surface area (Å²) in [5.74, 6) is 0.595. The molecule has 2 aromatic carbocycles. The zero-order chi connectivity index (χ0) is 23.4. The fourth-order valence-corrected chi connectivity index (χ4v) is 5.35. The maximum atomic E-state index is 8.01. The Morgan fingerprint density at radius 3 is 2.64 bits per heavy atom. The zero-order valence-corrected chi connectivity index (χ0v) is 20.7. The Labute approximate surface area is 204 Å². The Kier molecular flexibility index (Phi) is 7.50. The second-order valence-electron chi connectivity index (χ2n) is 9.02. The number of nitrogens with one attached hydrogen (secondary N) is 2. The van der Waals surface area contributed by atoms with Gasteiger partial charge in [0.1, 0.15) is 5.84 Å². The van der Waals surface area contributed by atoms with E-state index in [1.807, 2.05) is 24.3 Å². The lowest BCUT2D eigenvalue weighted by atomic mass is 9.92. The molecule has 1 fully saturated rings. The van der Waals surface area contributed by atoms with Gasteiger partial charge in [-0.05, 0) is 53.6 Å². The van der Waals surface area contributed by atoms with Crippen LogP contribution in [-0.4, -0.2) is 27.8 Å². The minimum absolute atomic E-state index is 0.0590. The number of amidine groups is 1. The molecule has 0 amide bonds. The number of anilines is 3. The van der Waals surface area contributed by atoms with E-state index in [0.29, 0.717) is 17.1 Å². The van der Waals surface area contributed by atoms with Crippen molar-refractivity contribution < 1.29 is 0 Å². The highest BCUT2D eigenvalue weighted by atomic mass is 35.5. The first kappa shape index (κ1) is 23.5. The standard InChI is InChI=1S/C25H31ClN6S/c1-16(2)15-32(18-8-4-3-5-9-18)22-13-12-17(19-10-6-7-11-20(19)23(27)28)14-21(22)29-25-30-24(26)31-33-25/h6-7,10-14,16,18H,3-5,8-9,15H2,1-2H3,(H3,27,28)(H,29,30,31). The first-order chi connectivity index (χ1) is 15.9. The van der Waals surface area contributed by atoms with Gasteiger partial charge in [0.05, 0.1) is 11.4 Å². The lowest BCUT2D eigenvalue weighted by Crippen LogP contribution is -2.39. The molecular formula is C25H31ClN6S. The molecular weight excluding hydrogens is 452 g/mol. The molecule has 1 aliphatic rings. The zero-order valence-electron chi connectivity index (χ0n) is 19.1. The molecule has 1 saturated carbocycles. The van der Waals surface area contributed by atoms with Gasteiger partial charge < -0.3 is 16.0 Å². The largest absolute Gasteiger partial charge is 0.384 e. The van der Waals surface area contributed by atoms with Crippen molar-refractivity contribution in [3.63, 3.8) is 0 Å². The van der Waals surface area contributed by atoms with Crippen molar-refractivity contribution in [1.29, 1.82) is 5.41 Å². The second-order valence-corrected chi connectivity index (χ2v) is 10.1. The maximum absolute atomic E-state index is 8.01. The lowest BCUT2D eigenvalue weighted by Gasteiger charge is -2.38. The molecule has 0 unspecified atom stereocenters. The van der Waals surface area contributed by atoms with Crippen molar-refractivity contribution in [2.75, 3.05) is 16.8 Å². The van der Waals surface area contributed by atoms with Crippen LogP contribution >= 0.6 is 23.1 Å². The van der Waals surface area contributed by atoms with Crippen molar-refractivity contribution >= 4 is 45.5 Å². The Balaban J connectivity index is 1.80. The van der Waals surface area contributed by atoms with Crippen LogP contribution in [0.2, 0.25) is 5.28 Å². The molecule has 174 valence electrons. The predicted molar refractivity (Wildman–Crippen MR) is 140 cm³/mol. The van der Waals surface area contributed by atoms with E-state index in [-0.39, 0.29) is 11.1 Å². The quantitative estimate of drug-likeness (QED) is 0.246. The van der Waals surface area contributed by atoms with Crippen LogP contribution in [-0.2, 0) is 0 Å². The molecule has 4 rings (SSSR count). The van der Waals surface area contributed by atoms with Gasteiger partial charge in [-0.25, -0.2) is 0 Å². The van der Waals surface area contributed by atoms with E-state index in [1.54, 1.807) is 0 Å². The monoisotopic (exact) mass is 482 g/mol. The molecule has 1 aliphatic carbocycles. The second kappa shape index (κ2) is 10.5. The molecule has 0 bridgehead atoms. The van der Waals surface area contributed by atoms with E-state index in [2.05, 4.69) is 51.6 Å². The molecule has 1 aromatic heterocycles. The third kappa shape index (κ3) is 5.65. The van der Waals surface area contributed by atoms with Crippen LogP contribution in [0.3, 0.4) is 0 Å². The fraction of sp³-hybridized carbons (Fsp3) is 0.400. The van der Waals surface area contributed by atoms with Crippen LogP contribution in [0.25, 0.3) is 11.1 Å². The molecule has 4 N–H and O–H groups in total. The molecule has 3 aromatic rings. The first-order valence-electron chi connectivity index (χ1n) is 11.5. The summed E-state index contributed by atoms with van der Waals surface area (Å²) in [6.07, 6.45) is 6.30. The number of hydrogen-bond acceptors (Lipinski definition) is 6. The first-order valence-corrected chi connectivity index (χ1v) is 12.7. The summed E-state index contributed by atoms with van der Waals surface area (Å²) >= 11 is 7.25. The van der Waals surface area contributed by atoms with Gasteiger partial charge >= 0.3 is 0 Å². The molecule has 6 nitrogen and oxygen atoms in total. The van der Waals surface area contributed by atoms with E-state index in [9.17, 15) is 0 Å². The topological polar surface area (TPSA) is 90.9 Å². The minimum atomic E-state index is 0.0590. The van der Waals surface area contributed by atoms with E-state index in [4.69, 9.17) is 22.7 Å². The number of halogens is 1. The third-order valence-electron chi connectivity index (χ3n) is 6.05. The minimum Gasteiger partial charge on any atom is -0.384 e. The average Bonchev–Trinajstić information content (AvgIpc) is 3.22. The van der Waals surface area contributed by atoms with Crippen molar-refractivity contribution in [3.8, 4) is 11.1 Å². The molecule has 0 atom stereocenters. The highest BCUT2D eigenvalue weighted by Gasteiger charge is 2.25. The Hall–Kier alpha value is -2.64. The van der Waals surface area contributed by atoms with E-state index in [1.165, 1.54) is 43.6 Å². The molecule has 33 heavy (non-hydrogen) atoms. The third-order valence-corrected chi connectivity index (χ3v) is 6.95. The smallest absolute Gasteiger partial charge is 0.236 e. The summed E-state index contributed by atoms with van der Waals surface area (Å²) < 4.78 is 4.12. The van der Waals surface area contributed by atoms with Gasteiger partial charge in [-0.1, -0.05) is 63.4 Å². The number of nitrogens with two attached hydrogens (primary N) is 1.